The van der Waals surface area contributed by atoms with Crippen LogP contribution in [0, 0.1) is 11.3 Å². The smallest absolute Gasteiger partial charge is 0.214 e. The highest BCUT2D eigenvalue weighted by Crippen LogP contribution is 2.38. The molecule has 0 amide bonds. The zero-order valence-electron chi connectivity index (χ0n) is 13.2. The Morgan fingerprint density at radius 2 is 2.23 bits per heavy atom. The molecule has 22 heavy (non-hydrogen) atoms. The molecule has 122 valence electrons. The van der Waals surface area contributed by atoms with Crippen LogP contribution in [0.25, 0.3) is 0 Å². The maximum atomic E-state index is 12.5. The largest absolute Gasteiger partial charge is 0.246 e. The molecule has 0 aliphatic heterocycles. The first-order chi connectivity index (χ1) is 10.5. The van der Waals surface area contributed by atoms with Crippen molar-refractivity contribution in [2.75, 3.05) is 12.8 Å². The number of hydrogen-bond donors (Lipinski definition) is 0. The number of unbranched alkanes of at least 4 members (excludes halogenated alkanes) is 2. The van der Waals surface area contributed by atoms with E-state index in [0.717, 1.165) is 41.3 Å². The van der Waals surface area contributed by atoms with Crippen LogP contribution in [0.15, 0.2) is 0 Å². The molecule has 1 unspecified atom stereocenters. The third kappa shape index (κ3) is 3.86. The summed E-state index contributed by atoms with van der Waals surface area (Å²) in [6.07, 6.45) is 5.31. The van der Waals surface area contributed by atoms with Gasteiger partial charge in [0.2, 0.25) is 10.0 Å². The minimum absolute atomic E-state index is 0.0671. The predicted octanol–water partition coefficient (Wildman–Crippen LogP) is 3.04. The Kier molecular flexibility index (Phi) is 5.95. The topological polar surface area (TPSA) is 74.1 Å². The number of aryl methyl sites for hydroxylation is 2. The van der Waals surface area contributed by atoms with Gasteiger partial charge >= 0.3 is 0 Å². The number of thiazole rings is 1. The van der Waals surface area contributed by atoms with Crippen molar-refractivity contribution < 1.29 is 8.42 Å². The normalized spacial score (nSPS) is 18.2. The molecule has 0 saturated carbocycles. The van der Waals surface area contributed by atoms with Gasteiger partial charge in [0.05, 0.1) is 28.6 Å². The Balaban J connectivity index is 2.11. The highest BCUT2D eigenvalue weighted by Gasteiger charge is 2.32. The summed E-state index contributed by atoms with van der Waals surface area (Å²) >= 11 is 1.66. The van der Waals surface area contributed by atoms with Crippen LogP contribution in [0.5, 0.6) is 0 Å². The van der Waals surface area contributed by atoms with Gasteiger partial charge in [-0.3, -0.25) is 0 Å². The Labute approximate surface area is 137 Å². The SMILES string of the molecule is CCc1nc2c(s1)C(N(C)S(=O)(=O)CCCCC#N)CCC2. The van der Waals surface area contributed by atoms with Crippen LogP contribution in [-0.4, -0.2) is 30.5 Å². The molecule has 1 heterocycles. The maximum Gasteiger partial charge on any atom is 0.214 e. The molecule has 1 atom stereocenters. The fourth-order valence-corrected chi connectivity index (χ4v) is 5.53. The van der Waals surface area contributed by atoms with Crippen molar-refractivity contribution in [1.29, 1.82) is 5.26 Å². The van der Waals surface area contributed by atoms with Crippen LogP contribution in [-0.2, 0) is 22.9 Å². The number of sulfonamides is 1. The summed E-state index contributed by atoms with van der Waals surface area (Å²) in [5, 5.41) is 9.62. The summed E-state index contributed by atoms with van der Waals surface area (Å²) in [5.41, 5.74) is 1.09. The summed E-state index contributed by atoms with van der Waals surface area (Å²) in [6.45, 7) is 2.08. The minimum atomic E-state index is -3.28. The van der Waals surface area contributed by atoms with Gasteiger partial charge in [-0.1, -0.05) is 6.92 Å². The molecule has 0 aromatic carbocycles. The van der Waals surface area contributed by atoms with E-state index in [9.17, 15) is 8.42 Å². The highest BCUT2D eigenvalue weighted by atomic mass is 32.2. The minimum Gasteiger partial charge on any atom is -0.246 e. The predicted molar refractivity (Wildman–Crippen MR) is 88.2 cm³/mol. The second kappa shape index (κ2) is 7.53. The van der Waals surface area contributed by atoms with E-state index in [1.54, 1.807) is 18.4 Å². The summed E-state index contributed by atoms with van der Waals surface area (Å²) < 4.78 is 26.5. The third-order valence-corrected chi connectivity index (χ3v) is 7.37. The average Bonchev–Trinajstić information content (AvgIpc) is 2.94. The fourth-order valence-electron chi connectivity index (χ4n) is 2.77. The van der Waals surface area contributed by atoms with E-state index < -0.39 is 10.0 Å². The van der Waals surface area contributed by atoms with E-state index in [1.165, 1.54) is 4.31 Å². The monoisotopic (exact) mass is 341 g/mol. The number of fused-ring (bicyclic) bond motifs is 1. The number of nitrogens with zero attached hydrogens (tertiary/aromatic N) is 3. The zero-order chi connectivity index (χ0) is 16.2. The lowest BCUT2D eigenvalue weighted by Gasteiger charge is -2.29. The standard InChI is InChI=1S/C15H23N3O2S2/c1-3-14-17-12-8-7-9-13(15(12)21-14)18(2)22(19,20)11-6-4-5-10-16/h13H,3-9,11H2,1-2H3. The Bertz CT molecular complexity index is 646. The first-order valence-corrected chi connectivity index (χ1v) is 10.2. The van der Waals surface area contributed by atoms with Crippen LogP contribution in [0.3, 0.4) is 0 Å². The molecule has 1 aromatic heterocycles. The van der Waals surface area contributed by atoms with Crippen molar-refractivity contribution in [3.05, 3.63) is 15.6 Å². The van der Waals surface area contributed by atoms with Crippen LogP contribution in [0.1, 0.15) is 60.6 Å². The molecule has 0 spiro atoms. The molecule has 0 N–H and O–H groups in total. The van der Waals surface area contributed by atoms with Gasteiger partial charge < -0.3 is 0 Å². The number of rotatable bonds is 7. The molecule has 7 heteroatoms. The molecule has 1 aliphatic rings. The first-order valence-electron chi connectivity index (χ1n) is 7.80. The van der Waals surface area contributed by atoms with E-state index in [0.29, 0.717) is 19.3 Å². The van der Waals surface area contributed by atoms with Gasteiger partial charge in [-0.15, -0.1) is 11.3 Å². The molecular weight excluding hydrogens is 318 g/mol. The van der Waals surface area contributed by atoms with Crippen molar-refractivity contribution in [2.45, 2.75) is 57.9 Å². The van der Waals surface area contributed by atoms with Gasteiger partial charge in [0.25, 0.3) is 0 Å². The van der Waals surface area contributed by atoms with Crippen LogP contribution < -0.4 is 0 Å². The van der Waals surface area contributed by atoms with E-state index in [-0.39, 0.29) is 11.8 Å². The van der Waals surface area contributed by atoms with E-state index in [1.807, 2.05) is 0 Å². The Morgan fingerprint density at radius 3 is 2.91 bits per heavy atom. The molecule has 0 fully saturated rings. The molecular formula is C15H23N3O2S2. The molecule has 0 radical (unpaired) electrons. The van der Waals surface area contributed by atoms with Gasteiger partial charge in [0.15, 0.2) is 0 Å². The van der Waals surface area contributed by atoms with Gasteiger partial charge in [-0.05, 0) is 38.5 Å². The van der Waals surface area contributed by atoms with Gasteiger partial charge in [-0.2, -0.15) is 9.57 Å². The van der Waals surface area contributed by atoms with E-state index >= 15 is 0 Å². The van der Waals surface area contributed by atoms with Crippen LogP contribution >= 0.6 is 11.3 Å². The van der Waals surface area contributed by atoms with Crippen LogP contribution in [0.4, 0.5) is 0 Å². The number of hydrogen-bond acceptors (Lipinski definition) is 5. The maximum absolute atomic E-state index is 12.5. The molecule has 0 bridgehead atoms. The Hall–Kier alpha value is -0.970. The second-order valence-electron chi connectivity index (χ2n) is 5.63. The second-order valence-corrected chi connectivity index (χ2v) is 8.89. The van der Waals surface area contributed by atoms with Gasteiger partial charge in [-0.25, -0.2) is 13.4 Å². The van der Waals surface area contributed by atoms with Gasteiger partial charge in [0, 0.05) is 18.3 Å². The summed E-state index contributed by atoms with van der Waals surface area (Å²) in [6, 6.07) is 1.99. The molecule has 2 rings (SSSR count). The summed E-state index contributed by atoms with van der Waals surface area (Å²) in [4.78, 5) is 5.76. The fraction of sp³-hybridized carbons (Fsp3) is 0.733. The van der Waals surface area contributed by atoms with E-state index in [4.69, 9.17) is 5.26 Å². The zero-order valence-corrected chi connectivity index (χ0v) is 14.8. The number of aromatic nitrogens is 1. The lowest BCUT2D eigenvalue weighted by molar-refractivity contribution is 0.340. The lowest BCUT2D eigenvalue weighted by atomic mass is 9.98. The average molecular weight is 342 g/mol. The van der Waals surface area contributed by atoms with Crippen molar-refractivity contribution in [3.8, 4) is 6.07 Å². The molecule has 5 nitrogen and oxygen atoms in total. The quantitative estimate of drug-likeness (QED) is 0.715. The lowest BCUT2D eigenvalue weighted by Crippen LogP contribution is -2.34. The van der Waals surface area contributed by atoms with Crippen molar-refractivity contribution in [1.82, 2.24) is 9.29 Å². The third-order valence-electron chi connectivity index (χ3n) is 4.09. The number of nitriles is 1. The summed E-state index contributed by atoms with van der Waals surface area (Å²) in [5.74, 6) is 0.121. The molecule has 1 aromatic rings. The Morgan fingerprint density at radius 1 is 1.45 bits per heavy atom. The first kappa shape index (κ1) is 17.4. The van der Waals surface area contributed by atoms with Gasteiger partial charge in [0.1, 0.15) is 0 Å². The van der Waals surface area contributed by atoms with Crippen molar-refractivity contribution in [3.63, 3.8) is 0 Å². The van der Waals surface area contributed by atoms with E-state index in [2.05, 4.69) is 18.0 Å². The summed E-state index contributed by atoms with van der Waals surface area (Å²) in [7, 11) is -1.59. The van der Waals surface area contributed by atoms with Crippen molar-refractivity contribution >= 4 is 21.4 Å². The van der Waals surface area contributed by atoms with Crippen LogP contribution in [0.2, 0.25) is 0 Å². The highest BCUT2D eigenvalue weighted by molar-refractivity contribution is 7.89. The molecule has 1 aliphatic carbocycles. The molecule has 0 saturated heterocycles. The van der Waals surface area contributed by atoms with Crippen molar-refractivity contribution in [2.24, 2.45) is 0 Å².